The molecule has 0 atom stereocenters. The molecule has 0 unspecified atom stereocenters. The molecule has 14 heavy (non-hydrogen) atoms. The first kappa shape index (κ1) is 12.0. The highest BCUT2D eigenvalue weighted by Gasteiger charge is 2.37. The van der Waals surface area contributed by atoms with Gasteiger partial charge in [0.15, 0.2) is 0 Å². The Kier molecular flexibility index (Phi) is 3.98. The zero-order valence-corrected chi connectivity index (χ0v) is 11.2. The number of imidazole rings is 1. The molecule has 0 saturated heterocycles. The lowest BCUT2D eigenvalue weighted by Crippen LogP contribution is -3.00. The number of nitrogens with zero attached hydrogens (tertiary/aromatic N) is 2. The number of aryl methyl sites for hydroxylation is 1. The van der Waals surface area contributed by atoms with E-state index in [4.69, 9.17) is 0 Å². The summed E-state index contributed by atoms with van der Waals surface area (Å²) < 4.78 is 4.66. The Labute approximate surface area is 103 Å². The summed E-state index contributed by atoms with van der Waals surface area (Å²) in [5, 5.41) is 0. The topological polar surface area (TPSA) is 8.81 Å². The number of halogens is 1. The van der Waals surface area contributed by atoms with Gasteiger partial charge >= 0.3 is 0 Å². The maximum absolute atomic E-state index is 2.38. The average Bonchev–Trinajstić information content (AvgIpc) is 2.50. The standard InChI is InChI=1S/C11H19N2.HI/c1-3-7-12-8-9-13(10-12)11(2)5-4-6-11;/h8-10H,3-7H2,1-2H3;1H/q+1;/p-1. The normalized spacial score (nSPS) is 18.4. The molecule has 0 amide bonds. The van der Waals surface area contributed by atoms with E-state index in [1.54, 1.807) is 0 Å². The quantitative estimate of drug-likeness (QED) is 0.505. The van der Waals surface area contributed by atoms with Crippen LogP contribution in [0.5, 0.6) is 0 Å². The van der Waals surface area contributed by atoms with E-state index in [0.717, 1.165) is 6.54 Å². The first-order valence-electron chi connectivity index (χ1n) is 5.32. The van der Waals surface area contributed by atoms with E-state index in [1.165, 1.54) is 25.7 Å². The molecule has 2 rings (SSSR count). The van der Waals surface area contributed by atoms with Gasteiger partial charge in [-0.2, -0.15) is 0 Å². The molecular formula is C11H19IN2. The van der Waals surface area contributed by atoms with Crippen molar-refractivity contribution in [3.05, 3.63) is 18.7 Å². The van der Waals surface area contributed by atoms with Gasteiger partial charge in [0, 0.05) is 0 Å². The predicted octanol–water partition coefficient (Wildman–Crippen LogP) is -0.911. The molecule has 0 spiro atoms. The van der Waals surface area contributed by atoms with Gasteiger partial charge in [0.05, 0.1) is 6.54 Å². The van der Waals surface area contributed by atoms with Gasteiger partial charge in [0.1, 0.15) is 17.9 Å². The molecule has 1 fully saturated rings. The van der Waals surface area contributed by atoms with Gasteiger partial charge in [-0.3, -0.25) is 0 Å². The molecular weight excluding hydrogens is 287 g/mol. The zero-order valence-electron chi connectivity index (χ0n) is 9.04. The summed E-state index contributed by atoms with van der Waals surface area (Å²) in [6.07, 6.45) is 11.9. The monoisotopic (exact) mass is 306 g/mol. The van der Waals surface area contributed by atoms with Gasteiger partial charge in [-0.25, -0.2) is 9.13 Å². The van der Waals surface area contributed by atoms with Gasteiger partial charge < -0.3 is 24.0 Å². The van der Waals surface area contributed by atoms with Gasteiger partial charge in [-0.15, -0.1) is 0 Å². The molecule has 80 valence electrons. The van der Waals surface area contributed by atoms with Crippen molar-refractivity contribution in [1.82, 2.24) is 4.57 Å². The molecule has 1 aliphatic rings. The summed E-state index contributed by atoms with van der Waals surface area (Å²) in [6, 6.07) is 0. The van der Waals surface area contributed by atoms with Crippen LogP contribution >= 0.6 is 0 Å². The largest absolute Gasteiger partial charge is 1.00 e. The fourth-order valence-electron chi connectivity index (χ4n) is 2.05. The third-order valence-electron chi connectivity index (χ3n) is 3.23. The van der Waals surface area contributed by atoms with Crippen LogP contribution in [0.1, 0.15) is 39.5 Å². The second-order valence-electron chi connectivity index (χ2n) is 4.41. The minimum Gasteiger partial charge on any atom is -1.00 e. The number of aromatic nitrogens is 2. The minimum atomic E-state index is 0. The molecule has 0 radical (unpaired) electrons. The first-order valence-corrected chi connectivity index (χ1v) is 5.32. The third-order valence-corrected chi connectivity index (χ3v) is 3.23. The summed E-state index contributed by atoms with van der Waals surface area (Å²) in [5.74, 6) is 0. The molecule has 2 nitrogen and oxygen atoms in total. The fourth-order valence-corrected chi connectivity index (χ4v) is 2.05. The van der Waals surface area contributed by atoms with Crippen LogP contribution < -0.4 is 28.5 Å². The van der Waals surface area contributed by atoms with Crippen molar-refractivity contribution in [2.75, 3.05) is 0 Å². The Morgan fingerprint density at radius 2 is 2.14 bits per heavy atom. The van der Waals surface area contributed by atoms with Gasteiger partial charge in [-0.05, 0) is 32.6 Å². The van der Waals surface area contributed by atoms with Crippen LogP contribution in [0, 0.1) is 0 Å². The van der Waals surface area contributed by atoms with Crippen LogP contribution in [0.15, 0.2) is 18.7 Å². The molecule has 1 saturated carbocycles. The highest BCUT2D eigenvalue weighted by Crippen LogP contribution is 2.33. The van der Waals surface area contributed by atoms with Crippen molar-refractivity contribution < 1.29 is 28.5 Å². The number of rotatable bonds is 3. The smallest absolute Gasteiger partial charge is 0.244 e. The highest BCUT2D eigenvalue weighted by atomic mass is 127. The van der Waals surface area contributed by atoms with Crippen molar-refractivity contribution in [1.29, 1.82) is 0 Å². The van der Waals surface area contributed by atoms with E-state index in [2.05, 4.69) is 41.7 Å². The van der Waals surface area contributed by atoms with Gasteiger partial charge in [-0.1, -0.05) is 6.92 Å². The van der Waals surface area contributed by atoms with E-state index in [-0.39, 0.29) is 24.0 Å². The van der Waals surface area contributed by atoms with Crippen LogP contribution in [0.2, 0.25) is 0 Å². The minimum absolute atomic E-state index is 0. The molecule has 1 aromatic heterocycles. The Morgan fingerprint density at radius 1 is 1.43 bits per heavy atom. The van der Waals surface area contributed by atoms with Crippen molar-refractivity contribution in [2.45, 2.75) is 51.6 Å². The van der Waals surface area contributed by atoms with Gasteiger partial charge in [0.2, 0.25) is 6.33 Å². The number of hydrogen-bond acceptors (Lipinski definition) is 0. The summed E-state index contributed by atoms with van der Waals surface area (Å²) >= 11 is 0. The van der Waals surface area contributed by atoms with E-state index in [9.17, 15) is 0 Å². The van der Waals surface area contributed by atoms with Crippen LogP contribution in [0.25, 0.3) is 0 Å². The average molecular weight is 306 g/mol. The summed E-state index contributed by atoms with van der Waals surface area (Å²) in [4.78, 5) is 0. The lowest BCUT2D eigenvalue weighted by atomic mass is 9.78. The van der Waals surface area contributed by atoms with Crippen LogP contribution in [0.3, 0.4) is 0 Å². The number of hydrogen-bond donors (Lipinski definition) is 0. The maximum Gasteiger partial charge on any atom is 0.244 e. The molecule has 0 aliphatic heterocycles. The molecule has 0 aromatic carbocycles. The lowest BCUT2D eigenvalue weighted by molar-refractivity contribution is -0.772. The zero-order chi connectivity index (χ0) is 9.31. The Bertz CT molecular complexity index is 289. The van der Waals surface area contributed by atoms with Crippen LogP contribution in [-0.2, 0) is 12.1 Å². The van der Waals surface area contributed by atoms with Crippen molar-refractivity contribution in [3.8, 4) is 0 Å². The SMILES string of the molecule is CCCn1cc[n+](C2(C)CCC2)c1.[I-]. The van der Waals surface area contributed by atoms with Crippen molar-refractivity contribution in [2.24, 2.45) is 0 Å². The van der Waals surface area contributed by atoms with E-state index < -0.39 is 0 Å². The molecule has 1 aromatic rings. The second-order valence-corrected chi connectivity index (χ2v) is 4.41. The predicted molar refractivity (Wildman–Crippen MR) is 52.4 cm³/mol. The van der Waals surface area contributed by atoms with Crippen LogP contribution in [0.4, 0.5) is 0 Å². The van der Waals surface area contributed by atoms with E-state index in [0.29, 0.717) is 5.54 Å². The Balaban J connectivity index is 0.000000980. The Morgan fingerprint density at radius 3 is 2.64 bits per heavy atom. The molecule has 0 N–H and O–H groups in total. The molecule has 1 aliphatic carbocycles. The molecule has 0 bridgehead atoms. The lowest BCUT2D eigenvalue weighted by Gasteiger charge is -2.34. The van der Waals surface area contributed by atoms with E-state index in [1.807, 2.05) is 0 Å². The van der Waals surface area contributed by atoms with E-state index >= 15 is 0 Å². The highest BCUT2D eigenvalue weighted by molar-refractivity contribution is 4.79. The second kappa shape index (κ2) is 4.64. The summed E-state index contributed by atoms with van der Waals surface area (Å²) in [6.45, 7) is 5.71. The summed E-state index contributed by atoms with van der Waals surface area (Å²) in [5.41, 5.74) is 0.430. The maximum atomic E-state index is 2.38. The Hall–Kier alpha value is -0.0600. The molecule has 1 heterocycles. The first-order chi connectivity index (χ1) is 6.24. The fraction of sp³-hybridized carbons (Fsp3) is 0.727. The van der Waals surface area contributed by atoms with Crippen molar-refractivity contribution in [3.63, 3.8) is 0 Å². The third kappa shape index (κ3) is 2.12. The summed E-state index contributed by atoms with van der Waals surface area (Å²) in [7, 11) is 0. The van der Waals surface area contributed by atoms with Gasteiger partial charge in [0.25, 0.3) is 0 Å². The van der Waals surface area contributed by atoms with Crippen LogP contribution in [-0.4, -0.2) is 4.57 Å². The van der Waals surface area contributed by atoms with Crippen molar-refractivity contribution >= 4 is 0 Å². The molecule has 3 heteroatoms.